The van der Waals surface area contributed by atoms with E-state index >= 15 is 4.39 Å². The zero-order chi connectivity index (χ0) is 27.8. The fourth-order valence-electron chi connectivity index (χ4n) is 5.09. The molecular weight excluding hydrogens is 550 g/mol. The summed E-state index contributed by atoms with van der Waals surface area (Å²) in [7, 11) is 1.52. The number of amides is 1. The number of halogens is 3. The summed E-state index contributed by atoms with van der Waals surface area (Å²) in [5, 5.41) is 0.528. The van der Waals surface area contributed by atoms with Gasteiger partial charge in [0.1, 0.15) is 24.2 Å². The number of aryl methyl sites for hydroxylation is 1. The SMILES string of the molecule is C=CC(=O)N1CCN(c2nc(=O)n3c4c(c(-c5cc(Cl)c(F)cc5F)c(C)cc24)SC[C@@H](OCOC)C3)CC1. The Bertz CT molecular complexity index is 1520. The Morgan fingerprint density at radius 1 is 1.23 bits per heavy atom. The van der Waals surface area contributed by atoms with Crippen LogP contribution in [-0.4, -0.2) is 72.3 Å². The molecule has 1 amide bonds. The summed E-state index contributed by atoms with van der Waals surface area (Å²) in [6.07, 6.45) is 0.913. The van der Waals surface area contributed by atoms with E-state index in [-0.39, 0.29) is 35.9 Å². The van der Waals surface area contributed by atoms with Crippen LogP contribution in [0.2, 0.25) is 5.02 Å². The van der Waals surface area contributed by atoms with E-state index in [2.05, 4.69) is 11.6 Å². The van der Waals surface area contributed by atoms with Crippen molar-refractivity contribution in [3.05, 3.63) is 63.6 Å². The van der Waals surface area contributed by atoms with Gasteiger partial charge in [-0.25, -0.2) is 13.6 Å². The molecule has 3 heterocycles. The lowest BCUT2D eigenvalue weighted by atomic mass is 9.97. The first kappa shape index (κ1) is 27.6. The first-order chi connectivity index (χ1) is 18.7. The minimum Gasteiger partial charge on any atom is -0.359 e. The molecule has 0 bridgehead atoms. The van der Waals surface area contributed by atoms with Crippen LogP contribution < -0.4 is 10.6 Å². The van der Waals surface area contributed by atoms with Crippen LogP contribution in [0.3, 0.4) is 0 Å². The van der Waals surface area contributed by atoms with Crippen molar-refractivity contribution >= 4 is 46.0 Å². The van der Waals surface area contributed by atoms with Crippen molar-refractivity contribution in [1.29, 1.82) is 0 Å². The first-order valence-electron chi connectivity index (χ1n) is 12.4. The van der Waals surface area contributed by atoms with Gasteiger partial charge in [0.15, 0.2) is 0 Å². The molecule has 206 valence electrons. The second-order valence-corrected chi connectivity index (χ2v) is 10.8. The molecule has 5 rings (SSSR count). The van der Waals surface area contributed by atoms with E-state index in [1.54, 1.807) is 9.47 Å². The highest BCUT2D eigenvalue weighted by atomic mass is 35.5. The maximum absolute atomic E-state index is 15.2. The van der Waals surface area contributed by atoms with Crippen LogP contribution in [0.4, 0.5) is 14.6 Å². The number of aromatic nitrogens is 2. The van der Waals surface area contributed by atoms with E-state index < -0.39 is 17.3 Å². The van der Waals surface area contributed by atoms with Crippen molar-refractivity contribution in [3.8, 4) is 11.1 Å². The van der Waals surface area contributed by atoms with Crippen LogP contribution in [0.5, 0.6) is 0 Å². The average Bonchev–Trinajstić information content (AvgIpc) is 3.12. The third-order valence-corrected chi connectivity index (χ3v) is 8.48. The lowest BCUT2D eigenvalue weighted by Crippen LogP contribution is -2.49. The van der Waals surface area contributed by atoms with Gasteiger partial charge >= 0.3 is 5.69 Å². The predicted molar refractivity (Wildman–Crippen MR) is 148 cm³/mol. The average molecular weight is 577 g/mol. The van der Waals surface area contributed by atoms with E-state index in [0.717, 1.165) is 17.0 Å². The Morgan fingerprint density at radius 3 is 2.67 bits per heavy atom. The van der Waals surface area contributed by atoms with Crippen LogP contribution in [0.25, 0.3) is 22.0 Å². The quantitative estimate of drug-likeness (QED) is 0.247. The Kier molecular flexibility index (Phi) is 7.95. The molecule has 2 aliphatic rings. The van der Waals surface area contributed by atoms with E-state index in [4.69, 9.17) is 21.1 Å². The smallest absolute Gasteiger partial charge is 0.350 e. The fourth-order valence-corrected chi connectivity index (χ4v) is 6.58. The molecule has 39 heavy (non-hydrogen) atoms. The topological polar surface area (TPSA) is 76.9 Å². The second kappa shape index (κ2) is 11.2. The summed E-state index contributed by atoms with van der Waals surface area (Å²) in [6, 6.07) is 3.93. The number of piperazine rings is 1. The van der Waals surface area contributed by atoms with Crippen molar-refractivity contribution in [1.82, 2.24) is 14.5 Å². The second-order valence-electron chi connectivity index (χ2n) is 9.39. The van der Waals surface area contributed by atoms with Crippen molar-refractivity contribution in [2.45, 2.75) is 24.5 Å². The van der Waals surface area contributed by atoms with Crippen LogP contribution in [0.15, 0.2) is 40.5 Å². The number of anilines is 1. The number of benzene rings is 2. The van der Waals surface area contributed by atoms with Gasteiger partial charge in [-0.05, 0) is 30.7 Å². The molecule has 1 aromatic heterocycles. The van der Waals surface area contributed by atoms with Crippen molar-refractivity contribution < 1.29 is 23.0 Å². The number of rotatable bonds is 6. The summed E-state index contributed by atoms with van der Waals surface area (Å²) in [5.74, 6) is -0.777. The van der Waals surface area contributed by atoms with Crippen molar-refractivity contribution in [3.63, 3.8) is 0 Å². The van der Waals surface area contributed by atoms with Gasteiger partial charge in [0.2, 0.25) is 5.91 Å². The van der Waals surface area contributed by atoms with E-state index in [9.17, 15) is 14.0 Å². The maximum Gasteiger partial charge on any atom is 0.350 e. The van der Waals surface area contributed by atoms with Gasteiger partial charge in [-0.2, -0.15) is 4.98 Å². The lowest BCUT2D eigenvalue weighted by molar-refractivity contribution is -0.126. The summed E-state index contributed by atoms with van der Waals surface area (Å²) in [5.41, 5.74) is 1.53. The largest absolute Gasteiger partial charge is 0.359 e. The minimum atomic E-state index is -0.847. The molecular formula is C27H27ClF2N4O4S. The van der Waals surface area contributed by atoms with E-state index in [1.807, 2.05) is 17.9 Å². The number of hydrogen-bond acceptors (Lipinski definition) is 7. The highest BCUT2D eigenvalue weighted by Gasteiger charge is 2.30. The van der Waals surface area contributed by atoms with Gasteiger partial charge in [-0.3, -0.25) is 9.36 Å². The molecule has 0 unspecified atom stereocenters. The highest BCUT2D eigenvalue weighted by Crippen LogP contribution is 2.45. The first-order valence-corrected chi connectivity index (χ1v) is 13.7. The van der Waals surface area contributed by atoms with Crippen molar-refractivity contribution in [2.24, 2.45) is 0 Å². The molecule has 0 radical (unpaired) electrons. The summed E-state index contributed by atoms with van der Waals surface area (Å²) >= 11 is 7.50. The molecule has 2 aromatic carbocycles. The molecule has 1 saturated heterocycles. The van der Waals surface area contributed by atoms with Crippen molar-refractivity contribution in [2.75, 3.05) is 50.7 Å². The molecule has 0 saturated carbocycles. The van der Waals surface area contributed by atoms with Gasteiger partial charge in [0, 0.05) is 66.5 Å². The van der Waals surface area contributed by atoms with E-state index in [0.29, 0.717) is 53.7 Å². The number of thioether (sulfide) groups is 1. The summed E-state index contributed by atoms with van der Waals surface area (Å²) < 4.78 is 41.7. The maximum atomic E-state index is 15.2. The van der Waals surface area contributed by atoms with Gasteiger partial charge in [0.05, 0.1) is 23.2 Å². The number of carbonyl (C=O) groups is 1. The highest BCUT2D eigenvalue weighted by molar-refractivity contribution is 7.99. The molecule has 12 heteroatoms. The molecule has 0 spiro atoms. The van der Waals surface area contributed by atoms with E-state index in [1.165, 1.54) is 31.0 Å². The molecule has 2 aliphatic heterocycles. The minimum absolute atomic E-state index is 0.0484. The number of methoxy groups -OCH3 is 1. The van der Waals surface area contributed by atoms with Crippen LogP contribution in [0, 0.1) is 18.6 Å². The zero-order valence-corrected chi connectivity index (χ0v) is 23.1. The molecule has 0 N–H and O–H groups in total. The monoisotopic (exact) mass is 576 g/mol. The van der Waals surface area contributed by atoms with Crippen LogP contribution in [0.1, 0.15) is 5.56 Å². The molecule has 0 aliphatic carbocycles. The molecule has 1 fully saturated rings. The van der Waals surface area contributed by atoms with Gasteiger partial charge in [-0.15, -0.1) is 11.8 Å². The predicted octanol–water partition coefficient (Wildman–Crippen LogP) is 4.23. The molecule has 3 aromatic rings. The normalized spacial score (nSPS) is 17.4. The zero-order valence-electron chi connectivity index (χ0n) is 21.5. The fraction of sp³-hybridized carbons (Fsp3) is 0.370. The third kappa shape index (κ3) is 5.16. The Morgan fingerprint density at radius 2 is 1.97 bits per heavy atom. The Balaban J connectivity index is 1.71. The molecule has 8 nitrogen and oxygen atoms in total. The Labute approximate surface area is 233 Å². The van der Waals surface area contributed by atoms with Gasteiger partial charge in [0.25, 0.3) is 0 Å². The third-order valence-electron chi connectivity index (χ3n) is 6.96. The standard InChI is InChI=1S/C27H27ClF2N4O4S/c1-4-22(35)32-5-7-33(8-6-32)26-18-9-15(2)23(17-10-19(28)21(30)11-20(17)29)25-24(18)34(27(36)31-26)12-16(13-39-25)38-14-37-3/h4,9-11,16H,1,5-8,12-14H2,2-3H3/t16-/m0/s1. The number of carbonyl (C=O) groups excluding carboxylic acids is 1. The summed E-state index contributed by atoms with van der Waals surface area (Å²) in [6.45, 7) is 7.55. The van der Waals surface area contributed by atoms with Crippen LogP contribution in [-0.2, 0) is 20.8 Å². The number of nitrogens with zero attached hydrogens (tertiary/aromatic N) is 4. The number of ether oxygens (including phenoxy) is 2. The van der Waals surface area contributed by atoms with Gasteiger partial charge < -0.3 is 19.3 Å². The number of hydrogen-bond donors (Lipinski definition) is 0. The van der Waals surface area contributed by atoms with Gasteiger partial charge in [-0.1, -0.05) is 18.2 Å². The van der Waals surface area contributed by atoms with Crippen LogP contribution >= 0.6 is 23.4 Å². The Hall–Kier alpha value is -2.99. The lowest BCUT2D eigenvalue weighted by Gasteiger charge is -2.35. The molecule has 1 atom stereocenters. The summed E-state index contributed by atoms with van der Waals surface area (Å²) in [4.78, 5) is 34.4.